The maximum atomic E-state index is 12.2. The zero-order valence-electron chi connectivity index (χ0n) is 12.5. The van der Waals surface area contributed by atoms with E-state index in [4.69, 9.17) is 5.73 Å². The van der Waals surface area contributed by atoms with Gasteiger partial charge in [0.05, 0.1) is 0 Å². The Labute approximate surface area is 125 Å². The van der Waals surface area contributed by atoms with Crippen molar-refractivity contribution in [2.45, 2.75) is 51.3 Å². The second-order valence-electron chi connectivity index (χ2n) is 5.59. The molecule has 0 aromatic heterocycles. The standard InChI is InChI=1S/C16H24F2N2O/c1-12(20-11-3-2-4-14(20)9-10-19)13-5-7-15(8-6-13)21-16(17)18/h5-8,12,14,16H,2-4,9-11,19H2,1H3. The second kappa shape index (κ2) is 7.71. The predicted octanol–water partition coefficient (Wildman–Crippen LogP) is 3.55. The van der Waals surface area contributed by atoms with E-state index in [2.05, 4.69) is 16.6 Å². The van der Waals surface area contributed by atoms with E-state index in [1.165, 1.54) is 19.3 Å². The first kappa shape index (κ1) is 16.2. The van der Waals surface area contributed by atoms with E-state index in [0.29, 0.717) is 12.6 Å². The number of nitrogens with two attached hydrogens (primary N) is 1. The maximum absolute atomic E-state index is 12.2. The molecule has 1 aromatic rings. The molecule has 21 heavy (non-hydrogen) atoms. The van der Waals surface area contributed by atoms with E-state index in [1.54, 1.807) is 12.1 Å². The minimum atomic E-state index is -2.77. The largest absolute Gasteiger partial charge is 0.435 e. The number of nitrogens with zero attached hydrogens (tertiary/aromatic N) is 1. The predicted molar refractivity (Wildman–Crippen MR) is 79.5 cm³/mol. The van der Waals surface area contributed by atoms with Crippen molar-refractivity contribution in [3.8, 4) is 5.75 Å². The van der Waals surface area contributed by atoms with E-state index < -0.39 is 6.61 Å². The van der Waals surface area contributed by atoms with Gasteiger partial charge in [-0.1, -0.05) is 18.6 Å². The molecule has 1 aromatic carbocycles. The Morgan fingerprint density at radius 3 is 2.62 bits per heavy atom. The normalized spacial score (nSPS) is 21.5. The lowest BCUT2D eigenvalue weighted by atomic mass is 9.95. The Kier molecular flexibility index (Phi) is 5.94. The number of hydrogen-bond donors (Lipinski definition) is 1. The molecular weight excluding hydrogens is 274 g/mol. The lowest BCUT2D eigenvalue weighted by molar-refractivity contribution is -0.0498. The summed E-state index contributed by atoms with van der Waals surface area (Å²) in [5, 5.41) is 0. The smallest absolute Gasteiger partial charge is 0.387 e. The van der Waals surface area contributed by atoms with Gasteiger partial charge in [0, 0.05) is 12.1 Å². The molecule has 1 heterocycles. The zero-order valence-corrected chi connectivity index (χ0v) is 12.5. The molecular formula is C16H24F2N2O. The molecule has 2 N–H and O–H groups in total. The van der Waals surface area contributed by atoms with Crippen LogP contribution in [0.1, 0.15) is 44.2 Å². The summed E-state index contributed by atoms with van der Waals surface area (Å²) in [6, 6.07) is 7.76. The van der Waals surface area contributed by atoms with Gasteiger partial charge in [-0.3, -0.25) is 4.90 Å². The van der Waals surface area contributed by atoms with E-state index >= 15 is 0 Å². The van der Waals surface area contributed by atoms with Crippen molar-refractivity contribution >= 4 is 0 Å². The van der Waals surface area contributed by atoms with Crippen molar-refractivity contribution in [3.05, 3.63) is 29.8 Å². The summed E-state index contributed by atoms with van der Waals surface area (Å²) in [5.41, 5.74) is 6.84. The molecule has 1 fully saturated rings. The van der Waals surface area contributed by atoms with Crippen LogP contribution < -0.4 is 10.5 Å². The highest BCUT2D eigenvalue weighted by atomic mass is 19.3. The number of hydrogen-bond acceptors (Lipinski definition) is 3. The Morgan fingerprint density at radius 2 is 2.00 bits per heavy atom. The van der Waals surface area contributed by atoms with Crippen molar-refractivity contribution in [1.29, 1.82) is 0 Å². The first-order valence-corrected chi connectivity index (χ1v) is 7.62. The van der Waals surface area contributed by atoms with Gasteiger partial charge in [0.1, 0.15) is 5.75 Å². The van der Waals surface area contributed by atoms with Gasteiger partial charge in [0.2, 0.25) is 0 Å². The number of likely N-dealkylation sites (tertiary alicyclic amines) is 1. The topological polar surface area (TPSA) is 38.5 Å². The fourth-order valence-corrected chi connectivity index (χ4v) is 3.15. The van der Waals surface area contributed by atoms with Gasteiger partial charge >= 0.3 is 6.61 Å². The van der Waals surface area contributed by atoms with E-state index in [9.17, 15) is 8.78 Å². The fraction of sp³-hybridized carbons (Fsp3) is 0.625. The molecule has 0 amide bonds. The van der Waals surface area contributed by atoms with Gasteiger partial charge in [-0.05, 0) is 57.0 Å². The van der Waals surface area contributed by atoms with Crippen LogP contribution in [-0.2, 0) is 0 Å². The van der Waals surface area contributed by atoms with E-state index in [0.717, 1.165) is 18.5 Å². The van der Waals surface area contributed by atoms with Gasteiger partial charge < -0.3 is 10.5 Å². The minimum absolute atomic E-state index is 0.207. The number of halogens is 2. The van der Waals surface area contributed by atoms with Crippen LogP contribution in [0.15, 0.2) is 24.3 Å². The first-order valence-electron chi connectivity index (χ1n) is 7.62. The van der Waals surface area contributed by atoms with Crippen molar-refractivity contribution in [2.75, 3.05) is 13.1 Å². The van der Waals surface area contributed by atoms with Crippen LogP contribution in [0, 0.1) is 0 Å². The van der Waals surface area contributed by atoms with Gasteiger partial charge in [0.25, 0.3) is 0 Å². The second-order valence-corrected chi connectivity index (χ2v) is 5.59. The number of ether oxygens (including phenoxy) is 1. The molecule has 3 nitrogen and oxygen atoms in total. The van der Waals surface area contributed by atoms with E-state index in [1.807, 2.05) is 12.1 Å². The van der Waals surface area contributed by atoms with E-state index in [-0.39, 0.29) is 11.8 Å². The summed E-state index contributed by atoms with van der Waals surface area (Å²) >= 11 is 0. The molecule has 0 bridgehead atoms. The molecule has 118 valence electrons. The number of alkyl halides is 2. The molecule has 5 heteroatoms. The van der Waals surface area contributed by atoms with Crippen molar-refractivity contribution < 1.29 is 13.5 Å². The highest BCUT2D eigenvalue weighted by molar-refractivity contribution is 5.29. The van der Waals surface area contributed by atoms with Crippen molar-refractivity contribution in [3.63, 3.8) is 0 Å². The molecule has 0 aliphatic carbocycles. The monoisotopic (exact) mass is 298 g/mol. The molecule has 0 spiro atoms. The lowest BCUT2D eigenvalue weighted by Crippen LogP contribution is -2.42. The minimum Gasteiger partial charge on any atom is -0.435 e. The Balaban J connectivity index is 2.05. The Bertz CT molecular complexity index is 423. The summed E-state index contributed by atoms with van der Waals surface area (Å²) in [6.07, 6.45) is 4.66. The quantitative estimate of drug-likeness (QED) is 0.873. The van der Waals surface area contributed by atoms with Gasteiger partial charge in [-0.25, -0.2) is 0 Å². The molecule has 1 saturated heterocycles. The SMILES string of the molecule is CC(c1ccc(OC(F)F)cc1)N1CCCCC1CCN. The molecule has 1 aliphatic heterocycles. The fourth-order valence-electron chi connectivity index (χ4n) is 3.15. The maximum Gasteiger partial charge on any atom is 0.387 e. The summed E-state index contributed by atoms with van der Waals surface area (Å²) in [6.45, 7) is 1.16. The van der Waals surface area contributed by atoms with Gasteiger partial charge in [-0.15, -0.1) is 0 Å². The average molecular weight is 298 g/mol. The van der Waals surface area contributed by atoms with Crippen LogP contribution in [0.5, 0.6) is 5.75 Å². The van der Waals surface area contributed by atoms with Crippen LogP contribution in [-0.4, -0.2) is 30.6 Å². The van der Waals surface area contributed by atoms with Crippen molar-refractivity contribution in [2.24, 2.45) is 5.73 Å². The van der Waals surface area contributed by atoms with Gasteiger partial charge in [0.15, 0.2) is 0 Å². The molecule has 2 unspecified atom stereocenters. The lowest BCUT2D eigenvalue weighted by Gasteiger charge is -2.40. The molecule has 1 aliphatic rings. The van der Waals surface area contributed by atoms with Crippen LogP contribution in [0.3, 0.4) is 0 Å². The molecule has 2 atom stereocenters. The highest BCUT2D eigenvalue weighted by Gasteiger charge is 2.26. The third kappa shape index (κ3) is 4.38. The summed E-state index contributed by atoms with van der Waals surface area (Å²) in [7, 11) is 0. The Morgan fingerprint density at radius 1 is 1.29 bits per heavy atom. The highest BCUT2D eigenvalue weighted by Crippen LogP contribution is 2.30. The third-order valence-electron chi connectivity index (χ3n) is 4.26. The van der Waals surface area contributed by atoms with Crippen molar-refractivity contribution in [1.82, 2.24) is 4.90 Å². The molecule has 0 saturated carbocycles. The number of benzene rings is 1. The zero-order chi connectivity index (χ0) is 15.2. The Hall–Kier alpha value is -1.20. The number of piperidine rings is 1. The summed E-state index contributed by atoms with van der Waals surface area (Å²) in [4.78, 5) is 2.49. The first-order chi connectivity index (χ1) is 10.1. The van der Waals surface area contributed by atoms with Crippen LogP contribution >= 0.6 is 0 Å². The third-order valence-corrected chi connectivity index (χ3v) is 4.26. The number of rotatable bonds is 6. The average Bonchev–Trinajstić information content (AvgIpc) is 2.48. The van der Waals surface area contributed by atoms with Crippen LogP contribution in [0.4, 0.5) is 8.78 Å². The summed E-state index contributed by atoms with van der Waals surface area (Å²) < 4.78 is 28.7. The van der Waals surface area contributed by atoms with Crippen LogP contribution in [0.25, 0.3) is 0 Å². The molecule has 0 radical (unpaired) electrons. The summed E-state index contributed by atoms with van der Waals surface area (Å²) in [5.74, 6) is 0.207. The van der Waals surface area contributed by atoms with Gasteiger partial charge in [-0.2, -0.15) is 8.78 Å². The molecule has 2 rings (SSSR count). The van der Waals surface area contributed by atoms with Crippen LogP contribution in [0.2, 0.25) is 0 Å².